The van der Waals surface area contributed by atoms with Crippen molar-refractivity contribution < 1.29 is 5.11 Å². The smallest absolute Gasteiger partial charge is 0.134 e. The molecule has 1 saturated heterocycles. The molecule has 2 rings (SSSR count). The van der Waals surface area contributed by atoms with Crippen molar-refractivity contribution in [2.24, 2.45) is 0 Å². The van der Waals surface area contributed by atoms with Gasteiger partial charge in [0, 0.05) is 31.7 Å². The predicted octanol–water partition coefficient (Wildman–Crippen LogP) is 1.71. The Kier molecular flexibility index (Phi) is 3.24. The lowest BCUT2D eigenvalue weighted by atomic mass is 10.1. The summed E-state index contributed by atoms with van der Waals surface area (Å²) in [5.74, 6) is 1.18. The van der Waals surface area contributed by atoms with Gasteiger partial charge in [-0.25, -0.2) is 4.98 Å². The van der Waals surface area contributed by atoms with Crippen LogP contribution in [-0.4, -0.2) is 46.7 Å². The van der Waals surface area contributed by atoms with E-state index in [1.807, 2.05) is 6.07 Å². The van der Waals surface area contributed by atoms with Crippen molar-refractivity contribution in [3.8, 4) is 5.75 Å². The number of hydrogen-bond acceptors (Lipinski definition) is 4. The van der Waals surface area contributed by atoms with Crippen molar-refractivity contribution in [3.63, 3.8) is 0 Å². The molecular formula is C13H21N3O. The van der Waals surface area contributed by atoms with Gasteiger partial charge in [0.25, 0.3) is 0 Å². The number of hydrogen-bond donors (Lipinski definition) is 1. The number of pyridine rings is 1. The van der Waals surface area contributed by atoms with Crippen molar-refractivity contribution in [2.45, 2.75) is 26.3 Å². The number of rotatable bonds is 1. The van der Waals surface area contributed by atoms with Gasteiger partial charge in [-0.1, -0.05) is 0 Å². The molecule has 4 heteroatoms. The average Bonchev–Trinajstić information content (AvgIpc) is 2.29. The van der Waals surface area contributed by atoms with Gasteiger partial charge in [0.2, 0.25) is 0 Å². The normalized spacial score (nSPS) is 18.4. The Hall–Kier alpha value is -1.29. The van der Waals surface area contributed by atoms with Crippen LogP contribution in [0, 0.1) is 0 Å². The fourth-order valence-electron chi connectivity index (χ4n) is 2.17. The largest absolute Gasteiger partial charge is 0.506 e. The molecule has 0 bridgehead atoms. The minimum atomic E-state index is 0.224. The third kappa shape index (κ3) is 2.88. The predicted molar refractivity (Wildman–Crippen MR) is 69.4 cm³/mol. The van der Waals surface area contributed by atoms with Crippen LogP contribution in [0.5, 0.6) is 5.75 Å². The van der Waals surface area contributed by atoms with Crippen molar-refractivity contribution >= 4 is 5.82 Å². The summed E-state index contributed by atoms with van der Waals surface area (Å²) in [5.41, 5.74) is 0.245. The van der Waals surface area contributed by atoms with Crippen LogP contribution in [0.1, 0.15) is 20.8 Å². The summed E-state index contributed by atoms with van der Waals surface area (Å²) < 4.78 is 0. The maximum atomic E-state index is 9.21. The van der Waals surface area contributed by atoms with Crippen molar-refractivity contribution in [1.82, 2.24) is 9.88 Å². The molecule has 1 fully saturated rings. The van der Waals surface area contributed by atoms with Crippen LogP contribution in [0.3, 0.4) is 0 Å². The van der Waals surface area contributed by atoms with Crippen LogP contribution < -0.4 is 4.90 Å². The highest BCUT2D eigenvalue weighted by Gasteiger charge is 2.26. The number of aromatic hydroxyl groups is 1. The van der Waals surface area contributed by atoms with Crippen LogP contribution >= 0.6 is 0 Å². The van der Waals surface area contributed by atoms with E-state index in [4.69, 9.17) is 0 Å². The first-order valence-electron chi connectivity index (χ1n) is 6.12. The molecule has 0 aromatic carbocycles. The highest BCUT2D eigenvalue weighted by atomic mass is 16.3. The SMILES string of the molecule is CC(C)(C)N1CCN(c2ccc(O)cn2)CC1. The summed E-state index contributed by atoms with van der Waals surface area (Å²) in [6, 6.07) is 3.57. The second kappa shape index (κ2) is 4.53. The first kappa shape index (κ1) is 12.2. The highest BCUT2D eigenvalue weighted by molar-refractivity contribution is 5.41. The molecule has 0 saturated carbocycles. The van der Waals surface area contributed by atoms with E-state index < -0.39 is 0 Å². The van der Waals surface area contributed by atoms with E-state index in [2.05, 4.69) is 35.6 Å². The van der Waals surface area contributed by atoms with Gasteiger partial charge in [0.15, 0.2) is 0 Å². The summed E-state index contributed by atoms with van der Waals surface area (Å²) in [7, 11) is 0. The first-order valence-corrected chi connectivity index (χ1v) is 6.12. The van der Waals surface area contributed by atoms with Crippen LogP contribution in [0.2, 0.25) is 0 Å². The van der Waals surface area contributed by atoms with E-state index in [1.54, 1.807) is 6.07 Å². The maximum absolute atomic E-state index is 9.21. The lowest BCUT2D eigenvalue weighted by molar-refractivity contribution is 0.128. The molecule has 0 radical (unpaired) electrons. The molecule has 17 heavy (non-hydrogen) atoms. The zero-order valence-electron chi connectivity index (χ0n) is 10.8. The second-order valence-corrected chi connectivity index (χ2v) is 5.52. The standard InChI is InChI=1S/C13H21N3O/c1-13(2,3)16-8-6-15(7-9-16)12-5-4-11(17)10-14-12/h4-5,10,17H,6-9H2,1-3H3. The Morgan fingerprint density at radius 1 is 1.12 bits per heavy atom. The Morgan fingerprint density at radius 2 is 1.76 bits per heavy atom. The van der Waals surface area contributed by atoms with E-state index in [9.17, 15) is 5.11 Å². The summed E-state index contributed by atoms with van der Waals surface area (Å²) in [6.45, 7) is 10.9. The summed E-state index contributed by atoms with van der Waals surface area (Å²) in [5, 5.41) is 9.21. The Balaban J connectivity index is 1.97. The number of nitrogens with zero attached hydrogens (tertiary/aromatic N) is 3. The third-order valence-electron chi connectivity index (χ3n) is 3.28. The fourth-order valence-corrected chi connectivity index (χ4v) is 2.17. The van der Waals surface area contributed by atoms with Crippen LogP contribution in [0.4, 0.5) is 5.82 Å². The van der Waals surface area contributed by atoms with E-state index in [0.717, 1.165) is 32.0 Å². The highest BCUT2D eigenvalue weighted by Crippen LogP contribution is 2.20. The molecule has 0 atom stereocenters. The molecule has 94 valence electrons. The van der Waals surface area contributed by atoms with E-state index in [1.165, 1.54) is 6.20 Å². The maximum Gasteiger partial charge on any atom is 0.134 e. The van der Waals surface area contributed by atoms with Crippen LogP contribution in [0.15, 0.2) is 18.3 Å². The first-order chi connectivity index (χ1) is 7.97. The van der Waals surface area contributed by atoms with Crippen molar-refractivity contribution in [3.05, 3.63) is 18.3 Å². The van der Waals surface area contributed by atoms with Gasteiger partial charge in [-0.2, -0.15) is 0 Å². The van der Waals surface area contributed by atoms with Gasteiger partial charge in [-0.15, -0.1) is 0 Å². The number of anilines is 1. The van der Waals surface area contributed by atoms with Gasteiger partial charge >= 0.3 is 0 Å². The lowest BCUT2D eigenvalue weighted by Gasteiger charge is -2.42. The molecule has 0 aliphatic carbocycles. The van der Waals surface area contributed by atoms with E-state index >= 15 is 0 Å². The lowest BCUT2D eigenvalue weighted by Crippen LogP contribution is -2.53. The van der Waals surface area contributed by atoms with Crippen LogP contribution in [-0.2, 0) is 0 Å². The quantitative estimate of drug-likeness (QED) is 0.804. The van der Waals surface area contributed by atoms with Gasteiger partial charge in [0.05, 0.1) is 6.20 Å². The summed E-state index contributed by atoms with van der Waals surface area (Å²) in [4.78, 5) is 9.00. The minimum absolute atomic E-state index is 0.224. The monoisotopic (exact) mass is 235 g/mol. The molecule has 1 aliphatic rings. The minimum Gasteiger partial charge on any atom is -0.506 e. The van der Waals surface area contributed by atoms with Gasteiger partial charge in [-0.3, -0.25) is 4.90 Å². The number of aromatic nitrogens is 1. The topological polar surface area (TPSA) is 39.6 Å². The molecule has 1 aliphatic heterocycles. The van der Waals surface area contributed by atoms with Crippen molar-refractivity contribution in [2.75, 3.05) is 31.1 Å². The zero-order chi connectivity index (χ0) is 12.5. The fraction of sp³-hybridized carbons (Fsp3) is 0.615. The Labute approximate surface area is 103 Å². The zero-order valence-corrected chi connectivity index (χ0v) is 10.8. The van der Waals surface area contributed by atoms with Gasteiger partial charge in [-0.05, 0) is 32.9 Å². The molecule has 2 heterocycles. The Bertz CT molecular complexity index is 361. The number of piperazine rings is 1. The molecule has 1 aromatic heterocycles. The second-order valence-electron chi connectivity index (χ2n) is 5.52. The van der Waals surface area contributed by atoms with Gasteiger partial charge in [0.1, 0.15) is 11.6 Å². The molecular weight excluding hydrogens is 214 g/mol. The molecule has 1 aromatic rings. The van der Waals surface area contributed by atoms with Gasteiger partial charge < -0.3 is 10.0 Å². The molecule has 0 spiro atoms. The molecule has 0 unspecified atom stereocenters. The average molecular weight is 235 g/mol. The summed E-state index contributed by atoms with van der Waals surface area (Å²) in [6.07, 6.45) is 1.51. The van der Waals surface area contributed by atoms with Crippen molar-refractivity contribution in [1.29, 1.82) is 0 Å². The molecule has 1 N–H and O–H groups in total. The molecule has 4 nitrogen and oxygen atoms in total. The summed E-state index contributed by atoms with van der Waals surface area (Å²) >= 11 is 0. The molecule has 0 amide bonds. The van der Waals surface area contributed by atoms with Crippen LogP contribution in [0.25, 0.3) is 0 Å². The third-order valence-corrected chi connectivity index (χ3v) is 3.28. The Morgan fingerprint density at radius 3 is 2.24 bits per heavy atom. The van der Waals surface area contributed by atoms with E-state index in [0.29, 0.717) is 0 Å². The van der Waals surface area contributed by atoms with E-state index in [-0.39, 0.29) is 11.3 Å².